The van der Waals surface area contributed by atoms with Crippen molar-refractivity contribution >= 4 is 5.91 Å². The van der Waals surface area contributed by atoms with E-state index in [-0.39, 0.29) is 23.4 Å². The molecule has 0 aliphatic rings. The lowest BCUT2D eigenvalue weighted by molar-refractivity contribution is -0.122. The minimum absolute atomic E-state index is 0.0512. The van der Waals surface area contributed by atoms with Gasteiger partial charge in [0, 0.05) is 18.5 Å². The highest BCUT2D eigenvalue weighted by Gasteiger charge is 2.23. The molecule has 2 unspecified atom stereocenters. The van der Waals surface area contributed by atoms with Gasteiger partial charge in [-0.05, 0) is 11.8 Å². The molecule has 0 heterocycles. The molecule has 4 nitrogen and oxygen atoms in total. The van der Waals surface area contributed by atoms with Crippen molar-refractivity contribution in [3.05, 3.63) is 0 Å². The Bertz CT molecular complexity index is 262. The zero-order valence-corrected chi connectivity index (χ0v) is 10.7. The molecule has 92 valence electrons. The van der Waals surface area contributed by atoms with Gasteiger partial charge in [0.25, 0.3) is 0 Å². The van der Waals surface area contributed by atoms with Crippen LogP contribution >= 0.6 is 0 Å². The molecule has 0 saturated carbocycles. The molecule has 4 heteroatoms. The molecule has 0 aromatic rings. The summed E-state index contributed by atoms with van der Waals surface area (Å²) < 4.78 is 0. The van der Waals surface area contributed by atoms with Gasteiger partial charge in [-0.25, -0.2) is 0 Å². The van der Waals surface area contributed by atoms with E-state index in [4.69, 9.17) is 11.0 Å². The fourth-order valence-electron chi connectivity index (χ4n) is 1.20. The smallest absolute Gasteiger partial charge is 0.221 e. The summed E-state index contributed by atoms with van der Waals surface area (Å²) in [7, 11) is 0. The van der Waals surface area contributed by atoms with E-state index in [1.54, 1.807) is 0 Å². The normalized spacial score (nSPS) is 15.0. The summed E-state index contributed by atoms with van der Waals surface area (Å²) in [5.41, 5.74) is 5.84. The first kappa shape index (κ1) is 14.9. The summed E-state index contributed by atoms with van der Waals surface area (Å²) in [6.45, 7) is 7.98. The van der Waals surface area contributed by atoms with Crippen LogP contribution in [0.15, 0.2) is 0 Å². The van der Waals surface area contributed by atoms with E-state index < -0.39 is 0 Å². The van der Waals surface area contributed by atoms with Crippen molar-refractivity contribution in [1.82, 2.24) is 5.32 Å². The van der Waals surface area contributed by atoms with Crippen molar-refractivity contribution in [2.45, 2.75) is 59.0 Å². The van der Waals surface area contributed by atoms with Gasteiger partial charge in [0.15, 0.2) is 0 Å². The summed E-state index contributed by atoms with van der Waals surface area (Å²) in [5.74, 6) is -0.0653. The SMILES string of the molecule is CCC(CC#N)NC(=O)CC(N)C(C)(C)C. The Morgan fingerprint density at radius 2 is 2.06 bits per heavy atom. The van der Waals surface area contributed by atoms with Crippen LogP contribution in [-0.4, -0.2) is 18.0 Å². The molecule has 0 aliphatic carbocycles. The minimum atomic E-state index is -0.160. The number of nitriles is 1. The van der Waals surface area contributed by atoms with Crippen LogP contribution in [0, 0.1) is 16.7 Å². The second-order valence-corrected chi connectivity index (χ2v) is 5.21. The Hall–Kier alpha value is -1.08. The van der Waals surface area contributed by atoms with E-state index in [1.807, 2.05) is 27.7 Å². The van der Waals surface area contributed by atoms with Crippen LogP contribution in [0.25, 0.3) is 0 Å². The molecule has 0 fully saturated rings. The maximum Gasteiger partial charge on any atom is 0.221 e. The maximum absolute atomic E-state index is 11.6. The van der Waals surface area contributed by atoms with Crippen molar-refractivity contribution < 1.29 is 4.79 Å². The molecule has 0 spiro atoms. The number of rotatable bonds is 5. The lowest BCUT2D eigenvalue weighted by Crippen LogP contribution is -2.42. The van der Waals surface area contributed by atoms with Gasteiger partial charge < -0.3 is 11.1 Å². The topological polar surface area (TPSA) is 78.9 Å². The number of amides is 1. The quantitative estimate of drug-likeness (QED) is 0.745. The van der Waals surface area contributed by atoms with Crippen molar-refractivity contribution in [3.8, 4) is 6.07 Å². The second-order valence-electron chi connectivity index (χ2n) is 5.21. The third-order valence-electron chi connectivity index (χ3n) is 2.71. The van der Waals surface area contributed by atoms with Gasteiger partial charge in [-0.1, -0.05) is 27.7 Å². The van der Waals surface area contributed by atoms with Gasteiger partial charge >= 0.3 is 0 Å². The van der Waals surface area contributed by atoms with Crippen molar-refractivity contribution in [1.29, 1.82) is 5.26 Å². The summed E-state index contributed by atoms with van der Waals surface area (Å²) in [5, 5.41) is 11.4. The summed E-state index contributed by atoms with van der Waals surface area (Å²) in [6.07, 6.45) is 1.43. The average molecular weight is 225 g/mol. The molecular weight excluding hydrogens is 202 g/mol. The highest BCUT2D eigenvalue weighted by Crippen LogP contribution is 2.19. The maximum atomic E-state index is 11.6. The van der Waals surface area contributed by atoms with Gasteiger partial charge in [-0.15, -0.1) is 0 Å². The number of hydrogen-bond acceptors (Lipinski definition) is 3. The van der Waals surface area contributed by atoms with Gasteiger partial charge in [0.1, 0.15) is 0 Å². The molecule has 0 rings (SSSR count). The van der Waals surface area contributed by atoms with Gasteiger partial charge in [0.05, 0.1) is 12.5 Å². The number of nitrogens with zero attached hydrogens (tertiary/aromatic N) is 1. The van der Waals surface area contributed by atoms with E-state index in [9.17, 15) is 4.79 Å². The van der Waals surface area contributed by atoms with Crippen LogP contribution < -0.4 is 11.1 Å². The second kappa shape index (κ2) is 6.49. The number of nitrogens with one attached hydrogen (secondary N) is 1. The lowest BCUT2D eigenvalue weighted by atomic mass is 9.85. The van der Waals surface area contributed by atoms with Crippen LogP contribution in [0.1, 0.15) is 47.0 Å². The molecule has 1 amide bonds. The van der Waals surface area contributed by atoms with Gasteiger partial charge in [0.2, 0.25) is 5.91 Å². The van der Waals surface area contributed by atoms with Crippen LogP contribution in [0.5, 0.6) is 0 Å². The van der Waals surface area contributed by atoms with Crippen LogP contribution in [0.2, 0.25) is 0 Å². The zero-order chi connectivity index (χ0) is 12.8. The number of hydrogen-bond donors (Lipinski definition) is 2. The highest BCUT2D eigenvalue weighted by molar-refractivity contribution is 5.77. The molecule has 0 radical (unpaired) electrons. The van der Waals surface area contributed by atoms with Crippen molar-refractivity contribution in [2.24, 2.45) is 11.1 Å². The Kier molecular flexibility index (Phi) is 6.05. The molecule has 0 aromatic heterocycles. The number of carbonyl (C=O) groups is 1. The summed E-state index contributed by atoms with van der Waals surface area (Å²) in [6, 6.07) is 1.85. The first-order valence-corrected chi connectivity index (χ1v) is 5.73. The van der Waals surface area contributed by atoms with E-state index in [0.717, 1.165) is 6.42 Å². The third kappa shape index (κ3) is 5.72. The standard InChI is InChI=1S/C12H23N3O/c1-5-9(6-7-13)15-11(16)8-10(14)12(2,3)4/h9-10H,5-6,8,14H2,1-4H3,(H,15,16). The highest BCUT2D eigenvalue weighted by atomic mass is 16.1. The molecule has 0 saturated heterocycles. The largest absolute Gasteiger partial charge is 0.352 e. The number of carbonyl (C=O) groups excluding carboxylic acids is 1. The Morgan fingerprint density at radius 1 is 1.50 bits per heavy atom. The van der Waals surface area contributed by atoms with Gasteiger partial charge in [-0.2, -0.15) is 5.26 Å². The fourth-order valence-corrected chi connectivity index (χ4v) is 1.20. The third-order valence-corrected chi connectivity index (χ3v) is 2.71. The van der Waals surface area contributed by atoms with Crippen LogP contribution in [-0.2, 0) is 4.79 Å². The van der Waals surface area contributed by atoms with Gasteiger partial charge in [-0.3, -0.25) is 4.79 Å². The fraction of sp³-hybridized carbons (Fsp3) is 0.833. The van der Waals surface area contributed by atoms with E-state index in [0.29, 0.717) is 12.8 Å². The van der Waals surface area contributed by atoms with Crippen molar-refractivity contribution in [2.75, 3.05) is 0 Å². The Balaban J connectivity index is 4.13. The van der Waals surface area contributed by atoms with E-state index in [1.165, 1.54) is 0 Å². The first-order valence-electron chi connectivity index (χ1n) is 5.73. The molecule has 0 aromatic carbocycles. The van der Waals surface area contributed by atoms with Crippen molar-refractivity contribution in [3.63, 3.8) is 0 Å². The Labute approximate surface area is 98.2 Å². The zero-order valence-electron chi connectivity index (χ0n) is 10.7. The minimum Gasteiger partial charge on any atom is -0.352 e. The van der Waals surface area contributed by atoms with Crippen LogP contribution in [0.4, 0.5) is 0 Å². The molecule has 16 heavy (non-hydrogen) atoms. The van der Waals surface area contributed by atoms with Crippen LogP contribution in [0.3, 0.4) is 0 Å². The summed E-state index contributed by atoms with van der Waals surface area (Å²) >= 11 is 0. The summed E-state index contributed by atoms with van der Waals surface area (Å²) in [4.78, 5) is 11.6. The predicted molar refractivity (Wildman–Crippen MR) is 64.5 cm³/mol. The Morgan fingerprint density at radius 3 is 2.44 bits per heavy atom. The predicted octanol–water partition coefficient (Wildman–Crippen LogP) is 1.56. The molecular formula is C12H23N3O. The molecule has 0 bridgehead atoms. The molecule has 2 atom stereocenters. The molecule has 0 aliphatic heterocycles. The monoisotopic (exact) mass is 225 g/mol. The average Bonchev–Trinajstić information content (AvgIpc) is 2.15. The van der Waals surface area contributed by atoms with E-state index >= 15 is 0 Å². The lowest BCUT2D eigenvalue weighted by Gasteiger charge is -2.27. The first-order chi connectivity index (χ1) is 7.31. The van der Waals surface area contributed by atoms with E-state index in [2.05, 4.69) is 11.4 Å². The number of nitrogens with two attached hydrogens (primary N) is 1. The molecule has 3 N–H and O–H groups in total.